The quantitative estimate of drug-likeness (QED) is 0.749. The second-order valence-corrected chi connectivity index (χ2v) is 7.43. The normalized spacial score (nSPS) is 11.6. The third-order valence-electron chi connectivity index (χ3n) is 3.10. The molecule has 2 rings (SSSR count). The zero-order valence-electron chi connectivity index (χ0n) is 12.2. The molecule has 0 bridgehead atoms. The molecule has 118 valence electrons. The molecule has 0 spiro atoms. The minimum atomic E-state index is -3.74. The average Bonchev–Trinajstić information content (AvgIpc) is 3.03. The first-order valence-electron chi connectivity index (χ1n) is 6.49. The Kier molecular flexibility index (Phi) is 5.28. The van der Waals surface area contributed by atoms with Crippen molar-refractivity contribution in [2.75, 3.05) is 20.7 Å². The molecule has 0 aliphatic carbocycles. The van der Waals surface area contributed by atoms with Crippen LogP contribution in [0.15, 0.2) is 40.7 Å². The predicted octanol–water partition coefficient (Wildman–Crippen LogP) is 1.79. The molecule has 0 atom stereocenters. The third kappa shape index (κ3) is 3.52. The third-order valence-corrected chi connectivity index (χ3v) is 6.02. The van der Waals surface area contributed by atoms with E-state index < -0.39 is 16.0 Å². The molecule has 0 saturated carbocycles. The molecule has 0 aliphatic rings. The number of methoxy groups -OCH3 is 1. The molecule has 0 aliphatic heterocycles. The van der Waals surface area contributed by atoms with Crippen LogP contribution in [0.4, 0.5) is 0 Å². The summed E-state index contributed by atoms with van der Waals surface area (Å²) < 4.78 is 31.0. The number of esters is 1. The van der Waals surface area contributed by atoms with Gasteiger partial charge in [-0.25, -0.2) is 17.5 Å². The van der Waals surface area contributed by atoms with E-state index in [4.69, 9.17) is 0 Å². The van der Waals surface area contributed by atoms with Crippen molar-refractivity contribution in [1.29, 1.82) is 0 Å². The highest BCUT2D eigenvalue weighted by atomic mass is 32.2. The molecule has 0 aromatic carbocycles. The standard InChI is InChI=1S/C14H16N2O4S2/c1-16(9-6-11-5-3-4-8-15-11)22(18,19)12-7-10-21-13(12)14(17)20-2/h3-5,7-8,10H,6,9H2,1-2H3. The number of hydrogen-bond donors (Lipinski definition) is 0. The highest BCUT2D eigenvalue weighted by Gasteiger charge is 2.28. The molecule has 2 aromatic heterocycles. The van der Waals surface area contributed by atoms with Gasteiger partial charge < -0.3 is 4.74 Å². The number of rotatable bonds is 6. The van der Waals surface area contributed by atoms with E-state index in [1.807, 2.05) is 12.1 Å². The van der Waals surface area contributed by atoms with Gasteiger partial charge in [-0.05, 0) is 23.6 Å². The maximum absolute atomic E-state index is 12.6. The average molecular weight is 340 g/mol. The van der Waals surface area contributed by atoms with Crippen LogP contribution in [0.3, 0.4) is 0 Å². The van der Waals surface area contributed by atoms with Crippen LogP contribution in [-0.4, -0.2) is 44.4 Å². The molecular weight excluding hydrogens is 324 g/mol. The van der Waals surface area contributed by atoms with E-state index in [9.17, 15) is 13.2 Å². The fourth-order valence-corrected chi connectivity index (χ4v) is 4.32. The second kappa shape index (κ2) is 6.99. The van der Waals surface area contributed by atoms with Gasteiger partial charge in [0.15, 0.2) is 0 Å². The van der Waals surface area contributed by atoms with Gasteiger partial charge in [0.1, 0.15) is 9.77 Å². The summed E-state index contributed by atoms with van der Waals surface area (Å²) in [6, 6.07) is 6.91. The summed E-state index contributed by atoms with van der Waals surface area (Å²) in [6.07, 6.45) is 2.16. The number of ether oxygens (including phenoxy) is 1. The molecule has 0 amide bonds. The smallest absolute Gasteiger partial charge is 0.349 e. The molecule has 0 radical (unpaired) electrons. The van der Waals surface area contributed by atoms with Gasteiger partial charge >= 0.3 is 5.97 Å². The largest absolute Gasteiger partial charge is 0.465 e. The van der Waals surface area contributed by atoms with Crippen LogP contribution in [0.1, 0.15) is 15.4 Å². The first-order chi connectivity index (χ1) is 10.5. The molecule has 0 saturated heterocycles. The second-order valence-electron chi connectivity index (χ2n) is 4.50. The van der Waals surface area contributed by atoms with Gasteiger partial charge in [-0.3, -0.25) is 4.98 Å². The van der Waals surface area contributed by atoms with Crippen LogP contribution in [-0.2, 0) is 21.2 Å². The van der Waals surface area contributed by atoms with E-state index in [1.54, 1.807) is 17.6 Å². The summed E-state index contributed by atoms with van der Waals surface area (Å²) in [5.41, 5.74) is 0.808. The van der Waals surface area contributed by atoms with E-state index in [2.05, 4.69) is 9.72 Å². The molecule has 0 N–H and O–H groups in total. The number of carbonyl (C=O) groups is 1. The number of nitrogens with zero attached hydrogens (tertiary/aromatic N) is 2. The molecule has 0 fully saturated rings. The first kappa shape index (κ1) is 16.6. The maximum atomic E-state index is 12.6. The van der Waals surface area contributed by atoms with E-state index >= 15 is 0 Å². The van der Waals surface area contributed by atoms with Gasteiger partial charge in [0.05, 0.1) is 7.11 Å². The van der Waals surface area contributed by atoms with Crippen LogP contribution in [0.25, 0.3) is 0 Å². The van der Waals surface area contributed by atoms with Crippen molar-refractivity contribution < 1.29 is 17.9 Å². The zero-order valence-corrected chi connectivity index (χ0v) is 13.9. The van der Waals surface area contributed by atoms with Crippen molar-refractivity contribution >= 4 is 27.3 Å². The topological polar surface area (TPSA) is 76.6 Å². The Bertz CT molecular complexity index is 741. The van der Waals surface area contributed by atoms with Gasteiger partial charge in [0.25, 0.3) is 0 Å². The lowest BCUT2D eigenvalue weighted by molar-refractivity contribution is 0.0602. The fraction of sp³-hybridized carbons (Fsp3) is 0.286. The number of sulfonamides is 1. The first-order valence-corrected chi connectivity index (χ1v) is 8.81. The zero-order chi connectivity index (χ0) is 16.2. The Labute approximate surface area is 133 Å². The molecule has 0 unspecified atom stereocenters. The van der Waals surface area contributed by atoms with Crippen molar-refractivity contribution in [2.45, 2.75) is 11.3 Å². The van der Waals surface area contributed by atoms with Gasteiger partial charge in [0.2, 0.25) is 10.0 Å². The van der Waals surface area contributed by atoms with Crippen LogP contribution in [0.5, 0.6) is 0 Å². The lowest BCUT2D eigenvalue weighted by atomic mass is 10.3. The molecule has 6 nitrogen and oxygen atoms in total. The highest BCUT2D eigenvalue weighted by Crippen LogP contribution is 2.25. The van der Waals surface area contributed by atoms with Gasteiger partial charge in [-0.2, -0.15) is 0 Å². The summed E-state index contributed by atoms with van der Waals surface area (Å²) in [5.74, 6) is -0.647. The highest BCUT2D eigenvalue weighted by molar-refractivity contribution is 7.89. The van der Waals surface area contributed by atoms with Gasteiger partial charge in [0, 0.05) is 31.9 Å². The summed E-state index contributed by atoms with van der Waals surface area (Å²) >= 11 is 1.05. The van der Waals surface area contributed by atoms with Crippen LogP contribution < -0.4 is 0 Å². The van der Waals surface area contributed by atoms with Gasteiger partial charge in [-0.1, -0.05) is 6.07 Å². The Morgan fingerprint density at radius 1 is 1.36 bits per heavy atom. The van der Waals surface area contributed by atoms with Crippen LogP contribution >= 0.6 is 11.3 Å². The van der Waals surface area contributed by atoms with E-state index in [1.165, 1.54) is 24.5 Å². The fourth-order valence-electron chi connectivity index (χ4n) is 1.85. The van der Waals surface area contributed by atoms with Crippen molar-refractivity contribution in [3.05, 3.63) is 46.4 Å². The van der Waals surface area contributed by atoms with Crippen molar-refractivity contribution in [3.8, 4) is 0 Å². The minimum Gasteiger partial charge on any atom is -0.465 e. The Morgan fingerprint density at radius 3 is 2.77 bits per heavy atom. The number of thiophene rings is 1. The summed E-state index contributed by atoms with van der Waals surface area (Å²) in [6.45, 7) is 0.274. The monoisotopic (exact) mass is 340 g/mol. The summed E-state index contributed by atoms with van der Waals surface area (Å²) in [5, 5.41) is 1.56. The van der Waals surface area contributed by atoms with Gasteiger partial charge in [-0.15, -0.1) is 11.3 Å². The Balaban J connectivity index is 2.16. The van der Waals surface area contributed by atoms with E-state index in [-0.39, 0.29) is 16.3 Å². The van der Waals surface area contributed by atoms with E-state index in [0.717, 1.165) is 17.0 Å². The van der Waals surface area contributed by atoms with Crippen LogP contribution in [0, 0.1) is 0 Å². The molecule has 8 heteroatoms. The number of carbonyl (C=O) groups excluding carboxylic acids is 1. The molecule has 2 aromatic rings. The predicted molar refractivity (Wildman–Crippen MR) is 83.4 cm³/mol. The molecule has 22 heavy (non-hydrogen) atoms. The van der Waals surface area contributed by atoms with Crippen molar-refractivity contribution in [2.24, 2.45) is 0 Å². The molecule has 2 heterocycles. The number of pyridine rings is 1. The lowest BCUT2D eigenvalue weighted by Gasteiger charge is -2.16. The number of hydrogen-bond acceptors (Lipinski definition) is 6. The Morgan fingerprint density at radius 2 is 2.14 bits per heavy atom. The van der Waals surface area contributed by atoms with Crippen molar-refractivity contribution in [3.63, 3.8) is 0 Å². The minimum absolute atomic E-state index is 0.0205. The SMILES string of the molecule is COC(=O)c1sccc1S(=O)(=O)N(C)CCc1ccccn1. The Hall–Kier alpha value is -1.77. The number of likely N-dealkylation sites (N-methyl/N-ethyl adjacent to an activating group) is 1. The molecular formula is C14H16N2O4S2. The summed E-state index contributed by atoms with van der Waals surface area (Å²) in [4.78, 5) is 15.9. The summed E-state index contributed by atoms with van der Waals surface area (Å²) in [7, 11) is -1.03. The maximum Gasteiger partial charge on any atom is 0.349 e. The van der Waals surface area contributed by atoms with E-state index in [0.29, 0.717) is 6.42 Å². The lowest BCUT2D eigenvalue weighted by Crippen LogP contribution is -2.30. The van der Waals surface area contributed by atoms with Crippen molar-refractivity contribution in [1.82, 2.24) is 9.29 Å². The van der Waals surface area contributed by atoms with Crippen LogP contribution in [0.2, 0.25) is 0 Å². The number of aromatic nitrogens is 1.